The van der Waals surface area contributed by atoms with Gasteiger partial charge in [-0.3, -0.25) is 0 Å². The van der Waals surface area contributed by atoms with Crippen LogP contribution < -0.4 is 11.1 Å². The van der Waals surface area contributed by atoms with Crippen LogP contribution in [-0.2, 0) is 0 Å². The highest BCUT2D eigenvalue weighted by Gasteiger charge is 2.32. The highest BCUT2D eigenvalue weighted by Crippen LogP contribution is 2.34. The van der Waals surface area contributed by atoms with Crippen LogP contribution in [0.5, 0.6) is 0 Å². The van der Waals surface area contributed by atoms with E-state index in [-0.39, 0.29) is 5.54 Å². The summed E-state index contributed by atoms with van der Waals surface area (Å²) in [6.07, 6.45) is 4.59. The Morgan fingerprint density at radius 2 is 2.12 bits per heavy atom. The van der Waals surface area contributed by atoms with Gasteiger partial charge in [0.25, 0.3) is 0 Å². The van der Waals surface area contributed by atoms with Gasteiger partial charge in [0.05, 0.1) is 11.3 Å². The average Bonchev–Trinajstić information content (AvgIpc) is 2.79. The van der Waals surface area contributed by atoms with Crippen LogP contribution >= 0.6 is 15.9 Å². The summed E-state index contributed by atoms with van der Waals surface area (Å²) in [5.74, 6) is 0. The zero-order valence-corrected chi connectivity index (χ0v) is 11.3. The quantitative estimate of drug-likeness (QED) is 0.900. The zero-order chi connectivity index (χ0) is 12.3. The number of anilines is 1. The molecule has 90 valence electrons. The molecule has 2 rings (SSSR count). The molecule has 1 aliphatic carbocycles. The molecule has 0 amide bonds. The molecule has 1 aromatic carbocycles. The maximum Gasteiger partial charge on any atom is 0.101 e. The van der Waals surface area contributed by atoms with Crippen molar-refractivity contribution >= 4 is 21.6 Å². The number of nitrogens with zero attached hydrogens (tertiary/aromatic N) is 1. The van der Waals surface area contributed by atoms with E-state index in [2.05, 4.69) is 27.3 Å². The first-order chi connectivity index (χ1) is 8.19. The van der Waals surface area contributed by atoms with Crippen molar-refractivity contribution in [3.63, 3.8) is 0 Å². The van der Waals surface area contributed by atoms with Crippen molar-refractivity contribution in [2.45, 2.75) is 31.2 Å². The molecule has 0 aliphatic heterocycles. The number of hydrogen-bond acceptors (Lipinski definition) is 3. The van der Waals surface area contributed by atoms with Crippen LogP contribution in [0.3, 0.4) is 0 Å². The molecule has 0 heterocycles. The van der Waals surface area contributed by atoms with Gasteiger partial charge in [-0.25, -0.2) is 0 Å². The summed E-state index contributed by atoms with van der Waals surface area (Å²) in [5.41, 5.74) is 7.43. The Bertz CT molecular complexity index is 444. The van der Waals surface area contributed by atoms with Gasteiger partial charge >= 0.3 is 0 Å². The van der Waals surface area contributed by atoms with E-state index in [0.29, 0.717) is 12.1 Å². The third kappa shape index (κ3) is 2.62. The second kappa shape index (κ2) is 5.07. The van der Waals surface area contributed by atoms with Crippen LogP contribution in [0.15, 0.2) is 22.7 Å². The van der Waals surface area contributed by atoms with Crippen molar-refractivity contribution in [2.24, 2.45) is 5.73 Å². The summed E-state index contributed by atoms with van der Waals surface area (Å²) in [6.45, 7) is 0.615. The van der Waals surface area contributed by atoms with Crippen LogP contribution in [0.4, 0.5) is 5.69 Å². The van der Waals surface area contributed by atoms with Crippen molar-refractivity contribution in [1.29, 1.82) is 5.26 Å². The first kappa shape index (κ1) is 12.4. The van der Waals surface area contributed by atoms with Gasteiger partial charge in [-0.05, 0) is 31.0 Å². The number of halogens is 1. The van der Waals surface area contributed by atoms with E-state index in [0.717, 1.165) is 23.0 Å². The molecule has 3 N–H and O–H groups in total. The van der Waals surface area contributed by atoms with Gasteiger partial charge in [-0.1, -0.05) is 28.8 Å². The Balaban J connectivity index is 2.28. The molecule has 0 atom stereocenters. The third-order valence-corrected chi connectivity index (χ3v) is 3.95. The molecule has 0 bridgehead atoms. The van der Waals surface area contributed by atoms with Gasteiger partial charge in [0.2, 0.25) is 0 Å². The van der Waals surface area contributed by atoms with Crippen molar-refractivity contribution in [2.75, 3.05) is 11.9 Å². The minimum absolute atomic E-state index is 0.0214. The highest BCUT2D eigenvalue weighted by atomic mass is 79.9. The van der Waals surface area contributed by atoms with E-state index in [1.165, 1.54) is 12.8 Å². The van der Waals surface area contributed by atoms with Crippen LogP contribution in [0, 0.1) is 11.3 Å². The fourth-order valence-electron chi connectivity index (χ4n) is 2.43. The summed E-state index contributed by atoms with van der Waals surface area (Å²) < 4.78 is 0.976. The first-order valence-electron chi connectivity index (χ1n) is 5.87. The lowest BCUT2D eigenvalue weighted by Crippen LogP contribution is -2.43. The number of rotatable bonds is 3. The van der Waals surface area contributed by atoms with Gasteiger partial charge in [0.1, 0.15) is 6.07 Å². The molecule has 0 spiro atoms. The minimum Gasteiger partial charge on any atom is -0.377 e. The highest BCUT2D eigenvalue weighted by molar-refractivity contribution is 9.10. The molecule has 1 aromatic rings. The van der Waals surface area contributed by atoms with E-state index in [1.54, 1.807) is 0 Å². The lowest BCUT2D eigenvalue weighted by molar-refractivity contribution is 0.493. The Hall–Kier alpha value is -1.05. The summed E-state index contributed by atoms with van der Waals surface area (Å²) in [5, 5.41) is 12.6. The monoisotopic (exact) mass is 293 g/mol. The molecule has 0 unspecified atom stereocenters. The molecule has 0 saturated heterocycles. The Morgan fingerprint density at radius 3 is 2.71 bits per heavy atom. The SMILES string of the molecule is N#Cc1ccc(Br)cc1NC1(CN)CCCC1. The topological polar surface area (TPSA) is 61.8 Å². The Labute approximate surface area is 110 Å². The maximum atomic E-state index is 9.10. The molecule has 1 saturated carbocycles. The van der Waals surface area contributed by atoms with Gasteiger partial charge in [-0.2, -0.15) is 5.26 Å². The fourth-order valence-corrected chi connectivity index (χ4v) is 2.80. The van der Waals surface area contributed by atoms with Gasteiger partial charge in [0.15, 0.2) is 0 Å². The molecule has 1 aliphatic rings. The molecule has 0 aromatic heterocycles. The van der Waals surface area contributed by atoms with Crippen molar-refractivity contribution < 1.29 is 0 Å². The summed E-state index contributed by atoms with van der Waals surface area (Å²) in [4.78, 5) is 0. The smallest absolute Gasteiger partial charge is 0.101 e. The van der Waals surface area contributed by atoms with Crippen molar-refractivity contribution in [1.82, 2.24) is 0 Å². The summed E-state index contributed by atoms with van der Waals surface area (Å²) >= 11 is 3.43. The van der Waals surface area contributed by atoms with E-state index in [9.17, 15) is 0 Å². The van der Waals surface area contributed by atoms with Crippen molar-refractivity contribution in [3.05, 3.63) is 28.2 Å². The largest absolute Gasteiger partial charge is 0.377 e. The fraction of sp³-hybridized carbons (Fsp3) is 0.462. The van der Waals surface area contributed by atoms with Crippen molar-refractivity contribution in [3.8, 4) is 6.07 Å². The first-order valence-corrected chi connectivity index (χ1v) is 6.66. The summed E-state index contributed by atoms with van der Waals surface area (Å²) in [6, 6.07) is 7.87. The van der Waals surface area contributed by atoms with Gasteiger partial charge in [-0.15, -0.1) is 0 Å². The predicted octanol–water partition coefficient (Wildman–Crippen LogP) is 3.00. The second-order valence-electron chi connectivity index (χ2n) is 4.62. The minimum atomic E-state index is -0.0214. The maximum absolute atomic E-state index is 9.10. The van der Waals surface area contributed by atoms with Crippen LogP contribution in [-0.4, -0.2) is 12.1 Å². The molecule has 17 heavy (non-hydrogen) atoms. The number of benzene rings is 1. The molecule has 0 radical (unpaired) electrons. The third-order valence-electron chi connectivity index (χ3n) is 3.45. The molecule has 4 heteroatoms. The standard InChI is InChI=1S/C13H16BrN3/c14-11-4-3-10(8-15)12(7-11)17-13(9-16)5-1-2-6-13/h3-4,7,17H,1-2,5-6,9,16H2. The predicted molar refractivity (Wildman–Crippen MR) is 72.7 cm³/mol. The van der Waals surface area contributed by atoms with Crippen LogP contribution in [0.1, 0.15) is 31.2 Å². The van der Waals surface area contributed by atoms with Crippen LogP contribution in [0.25, 0.3) is 0 Å². The second-order valence-corrected chi connectivity index (χ2v) is 5.53. The molecular weight excluding hydrogens is 278 g/mol. The lowest BCUT2D eigenvalue weighted by Gasteiger charge is -2.30. The Morgan fingerprint density at radius 1 is 1.41 bits per heavy atom. The molecule has 3 nitrogen and oxygen atoms in total. The zero-order valence-electron chi connectivity index (χ0n) is 9.67. The lowest BCUT2D eigenvalue weighted by atomic mass is 9.96. The van der Waals surface area contributed by atoms with E-state index in [4.69, 9.17) is 11.0 Å². The normalized spacial score (nSPS) is 17.7. The van der Waals surface area contributed by atoms with E-state index in [1.807, 2.05) is 18.2 Å². The van der Waals surface area contributed by atoms with Crippen LogP contribution in [0.2, 0.25) is 0 Å². The number of hydrogen-bond donors (Lipinski definition) is 2. The summed E-state index contributed by atoms with van der Waals surface area (Å²) in [7, 11) is 0. The van der Waals surface area contributed by atoms with Gasteiger partial charge in [0, 0.05) is 16.6 Å². The molecular formula is C13H16BrN3. The average molecular weight is 294 g/mol. The Kier molecular flexibility index (Phi) is 3.70. The van der Waals surface area contributed by atoms with E-state index < -0.39 is 0 Å². The van der Waals surface area contributed by atoms with Gasteiger partial charge < -0.3 is 11.1 Å². The van der Waals surface area contributed by atoms with E-state index >= 15 is 0 Å². The molecule has 1 fully saturated rings. The number of nitrogens with two attached hydrogens (primary N) is 1. The number of nitrogens with one attached hydrogen (secondary N) is 1. The number of nitriles is 1.